The summed E-state index contributed by atoms with van der Waals surface area (Å²) in [5.41, 5.74) is 6.48. The van der Waals surface area contributed by atoms with Gasteiger partial charge in [0.2, 0.25) is 10.1 Å². The molecule has 25 heavy (non-hydrogen) atoms. The Morgan fingerprint density at radius 3 is 2.40 bits per heavy atom. The quantitative estimate of drug-likeness (QED) is 0.869. The van der Waals surface area contributed by atoms with Gasteiger partial charge in [-0.1, -0.05) is 11.3 Å². The van der Waals surface area contributed by atoms with Crippen LogP contribution in [-0.2, 0) is 12.6 Å². The maximum atomic E-state index is 12.6. The zero-order valence-electron chi connectivity index (χ0n) is 13.6. The maximum absolute atomic E-state index is 12.6. The molecule has 0 saturated carbocycles. The first-order valence-corrected chi connectivity index (χ1v) is 8.63. The highest BCUT2D eigenvalue weighted by Gasteiger charge is 2.36. The van der Waals surface area contributed by atoms with E-state index in [0.29, 0.717) is 61.4 Å². The van der Waals surface area contributed by atoms with Crippen molar-refractivity contribution < 1.29 is 13.2 Å². The van der Waals surface area contributed by atoms with Crippen molar-refractivity contribution in [2.24, 2.45) is 5.73 Å². The summed E-state index contributed by atoms with van der Waals surface area (Å²) in [6.45, 7) is 4.74. The third kappa shape index (κ3) is 4.15. The Morgan fingerprint density at radius 1 is 1.12 bits per heavy atom. The van der Waals surface area contributed by atoms with Crippen molar-refractivity contribution >= 4 is 22.3 Å². The predicted molar refractivity (Wildman–Crippen MR) is 88.9 cm³/mol. The number of rotatable bonds is 4. The summed E-state index contributed by atoms with van der Waals surface area (Å²) in [7, 11) is 0. The van der Waals surface area contributed by atoms with E-state index in [0.717, 1.165) is 11.5 Å². The Kier molecular flexibility index (Phi) is 5.04. The van der Waals surface area contributed by atoms with Gasteiger partial charge in [0.05, 0.1) is 0 Å². The van der Waals surface area contributed by atoms with Gasteiger partial charge in [0.15, 0.2) is 0 Å². The van der Waals surface area contributed by atoms with Gasteiger partial charge in [0, 0.05) is 44.4 Å². The first-order chi connectivity index (χ1) is 11.9. The highest BCUT2D eigenvalue weighted by atomic mass is 32.1. The zero-order valence-corrected chi connectivity index (χ0v) is 14.4. The van der Waals surface area contributed by atoms with Crippen molar-refractivity contribution in [3.8, 4) is 0 Å². The average molecular weight is 373 g/mol. The zero-order chi connectivity index (χ0) is 18.0. The molecular formula is C14H18F3N7S. The van der Waals surface area contributed by atoms with Crippen LogP contribution >= 0.6 is 11.3 Å². The summed E-state index contributed by atoms with van der Waals surface area (Å²) in [4.78, 5) is 12.7. The molecule has 1 aliphatic heterocycles. The van der Waals surface area contributed by atoms with Crippen LogP contribution in [0.5, 0.6) is 0 Å². The maximum Gasteiger partial charge on any atom is 0.445 e. The second-order valence-electron chi connectivity index (χ2n) is 5.67. The molecule has 7 nitrogen and oxygen atoms in total. The number of aryl methyl sites for hydroxylation is 1. The number of halogens is 3. The van der Waals surface area contributed by atoms with Crippen molar-refractivity contribution in [2.75, 3.05) is 42.5 Å². The van der Waals surface area contributed by atoms with E-state index in [1.165, 1.54) is 0 Å². The molecule has 11 heteroatoms. The largest absolute Gasteiger partial charge is 0.445 e. The number of alkyl halides is 3. The number of nitrogens with two attached hydrogens (primary N) is 1. The van der Waals surface area contributed by atoms with Gasteiger partial charge < -0.3 is 15.5 Å². The lowest BCUT2D eigenvalue weighted by Crippen LogP contribution is -2.47. The number of hydrogen-bond acceptors (Lipinski definition) is 8. The smallest absolute Gasteiger partial charge is 0.353 e. The van der Waals surface area contributed by atoms with Crippen LogP contribution in [0, 0.1) is 6.92 Å². The second kappa shape index (κ2) is 7.08. The van der Waals surface area contributed by atoms with Crippen LogP contribution in [0.4, 0.5) is 24.1 Å². The van der Waals surface area contributed by atoms with Crippen LogP contribution in [0.1, 0.15) is 16.5 Å². The van der Waals surface area contributed by atoms with E-state index in [1.54, 1.807) is 0 Å². The van der Waals surface area contributed by atoms with Crippen LogP contribution in [0.15, 0.2) is 6.07 Å². The molecule has 0 bridgehead atoms. The highest BCUT2D eigenvalue weighted by molar-refractivity contribution is 7.15. The van der Waals surface area contributed by atoms with E-state index < -0.39 is 11.2 Å². The first kappa shape index (κ1) is 17.8. The summed E-state index contributed by atoms with van der Waals surface area (Å²) < 4.78 is 37.9. The molecule has 1 aliphatic rings. The van der Waals surface area contributed by atoms with Gasteiger partial charge in [-0.2, -0.15) is 13.2 Å². The summed E-state index contributed by atoms with van der Waals surface area (Å²) in [6.07, 6.45) is -3.77. The van der Waals surface area contributed by atoms with Crippen molar-refractivity contribution in [3.63, 3.8) is 0 Å². The summed E-state index contributed by atoms with van der Waals surface area (Å²) in [5.74, 6) is 1.51. The molecule has 0 spiro atoms. The normalized spacial score (nSPS) is 15.7. The van der Waals surface area contributed by atoms with Gasteiger partial charge in [0.25, 0.3) is 0 Å². The molecule has 1 fully saturated rings. The lowest BCUT2D eigenvalue weighted by Gasteiger charge is -2.35. The van der Waals surface area contributed by atoms with E-state index in [1.807, 2.05) is 17.9 Å². The fourth-order valence-electron chi connectivity index (χ4n) is 2.63. The Bertz CT molecular complexity index is 725. The Morgan fingerprint density at radius 2 is 1.80 bits per heavy atom. The molecular weight excluding hydrogens is 355 g/mol. The SMILES string of the molecule is Cc1nc(CCN)cc(N2CCN(c3nnc(C(F)(F)F)s3)CC2)n1. The summed E-state index contributed by atoms with van der Waals surface area (Å²) in [5, 5.41) is 6.30. The van der Waals surface area contributed by atoms with Gasteiger partial charge >= 0.3 is 6.18 Å². The number of anilines is 2. The van der Waals surface area contributed by atoms with Crippen LogP contribution in [0.25, 0.3) is 0 Å². The molecule has 3 heterocycles. The molecule has 0 amide bonds. The van der Waals surface area contributed by atoms with Gasteiger partial charge in [-0.3, -0.25) is 0 Å². The lowest BCUT2D eigenvalue weighted by molar-refractivity contribution is -0.138. The van der Waals surface area contributed by atoms with Crippen LogP contribution in [0.3, 0.4) is 0 Å². The van der Waals surface area contributed by atoms with Gasteiger partial charge in [-0.25, -0.2) is 9.97 Å². The fraction of sp³-hybridized carbons (Fsp3) is 0.571. The number of piperazine rings is 1. The molecule has 2 aromatic rings. The molecule has 2 aromatic heterocycles. The Labute approximate surface area is 146 Å². The Balaban J connectivity index is 1.67. The third-order valence-corrected chi connectivity index (χ3v) is 4.84. The monoisotopic (exact) mass is 373 g/mol. The molecule has 0 aliphatic carbocycles. The van der Waals surface area contributed by atoms with E-state index >= 15 is 0 Å². The minimum atomic E-state index is -4.45. The predicted octanol–water partition coefficient (Wildman–Crippen LogP) is 1.48. The van der Waals surface area contributed by atoms with Crippen LogP contribution < -0.4 is 15.5 Å². The van der Waals surface area contributed by atoms with Gasteiger partial charge in [-0.05, 0) is 13.5 Å². The molecule has 1 saturated heterocycles. The van der Waals surface area contributed by atoms with Gasteiger partial charge in [-0.15, -0.1) is 10.2 Å². The molecule has 136 valence electrons. The topological polar surface area (TPSA) is 84.1 Å². The van der Waals surface area contributed by atoms with Crippen molar-refractivity contribution in [2.45, 2.75) is 19.5 Å². The number of hydrogen-bond donors (Lipinski definition) is 1. The van der Waals surface area contributed by atoms with Crippen molar-refractivity contribution in [1.29, 1.82) is 0 Å². The van der Waals surface area contributed by atoms with Crippen molar-refractivity contribution in [1.82, 2.24) is 20.2 Å². The lowest BCUT2D eigenvalue weighted by atomic mass is 10.2. The van der Waals surface area contributed by atoms with Gasteiger partial charge in [0.1, 0.15) is 11.6 Å². The standard InChI is InChI=1S/C14H18F3N7S/c1-9-19-10(2-3-18)8-11(20-9)23-4-6-24(7-5-23)13-22-21-12(25-13)14(15,16)17/h8H,2-7,18H2,1H3. The van der Waals surface area contributed by atoms with E-state index in [9.17, 15) is 13.2 Å². The average Bonchev–Trinajstić information content (AvgIpc) is 3.05. The van der Waals surface area contributed by atoms with E-state index in [-0.39, 0.29) is 0 Å². The summed E-state index contributed by atoms with van der Waals surface area (Å²) in [6, 6.07) is 1.92. The second-order valence-corrected chi connectivity index (χ2v) is 6.62. The molecule has 2 N–H and O–H groups in total. The minimum Gasteiger partial charge on any atom is -0.353 e. The molecule has 0 unspecified atom stereocenters. The summed E-state index contributed by atoms with van der Waals surface area (Å²) >= 11 is 0.576. The van der Waals surface area contributed by atoms with Crippen molar-refractivity contribution in [3.05, 3.63) is 22.6 Å². The van der Waals surface area contributed by atoms with Crippen LogP contribution in [-0.4, -0.2) is 52.9 Å². The van der Waals surface area contributed by atoms with E-state index in [4.69, 9.17) is 5.73 Å². The Hall–Kier alpha value is -2.01. The molecule has 0 radical (unpaired) electrons. The molecule has 0 atom stereocenters. The number of nitrogens with zero attached hydrogens (tertiary/aromatic N) is 6. The van der Waals surface area contributed by atoms with E-state index in [2.05, 4.69) is 25.1 Å². The van der Waals surface area contributed by atoms with Crippen LogP contribution in [0.2, 0.25) is 0 Å². The third-order valence-electron chi connectivity index (χ3n) is 3.81. The molecule has 0 aromatic carbocycles. The highest BCUT2D eigenvalue weighted by Crippen LogP contribution is 2.34. The minimum absolute atomic E-state index is 0.301. The molecule has 3 rings (SSSR count). The fourth-order valence-corrected chi connectivity index (χ4v) is 3.40. The first-order valence-electron chi connectivity index (χ1n) is 7.82. The number of aromatic nitrogens is 4.